The fourth-order valence-electron chi connectivity index (χ4n) is 9.40. The summed E-state index contributed by atoms with van der Waals surface area (Å²) in [4.78, 5) is 24.9. The number of fused-ring (bicyclic) bond motifs is 4. The predicted molar refractivity (Wildman–Crippen MR) is 172 cm³/mol. The highest BCUT2D eigenvalue weighted by atomic mass is 16.5. The Labute approximate surface area is 268 Å². The Morgan fingerprint density at radius 1 is 1.07 bits per heavy atom. The summed E-state index contributed by atoms with van der Waals surface area (Å²) in [5.41, 5.74) is -2.51. The number of aryl methyl sites for hydroxylation is 1. The molecule has 1 unspecified atom stereocenters. The SMILES string of the molecule is C[C@H](CCCc1ccccc1)CC[C@H](O)[C@]12C([C@@H]3C[C@](C)(C#CCCC(=O)O3)[C@]1(O)CCC1=CC(=O)OC1)C(C)(C)CC[C@H]2O. The van der Waals surface area contributed by atoms with Gasteiger partial charge in [-0.1, -0.05) is 63.4 Å². The lowest BCUT2D eigenvalue weighted by atomic mass is 9.37. The highest BCUT2D eigenvalue weighted by Crippen LogP contribution is 2.69. The van der Waals surface area contributed by atoms with Crippen LogP contribution in [0.3, 0.4) is 0 Å². The lowest BCUT2D eigenvalue weighted by Gasteiger charge is -2.70. The van der Waals surface area contributed by atoms with E-state index in [1.165, 1.54) is 11.6 Å². The maximum atomic E-state index is 13.4. The molecular weight excluding hydrogens is 568 g/mol. The second-order valence-electron chi connectivity index (χ2n) is 15.2. The Kier molecular flexibility index (Phi) is 9.90. The molecule has 3 N–H and O–H groups in total. The third kappa shape index (κ3) is 6.35. The van der Waals surface area contributed by atoms with E-state index in [1.54, 1.807) is 0 Å². The fourth-order valence-corrected chi connectivity index (χ4v) is 9.40. The summed E-state index contributed by atoms with van der Waals surface area (Å²) in [6, 6.07) is 10.4. The van der Waals surface area contributed by atoms with E-state index in [2.05, 4.69) is 56.9 Å². The van der Waals surface area contributed by atoms with Crippen LogP contribution >= 0.6 is 0 Å². The van der Waals surface area contributed by atoms with E-state index in [0.717, 1.165) is 31.3 Å². The van der Waals surface area contributed by atoms with E-state index in [-0.39, 0.29) is 25.4 Å². The van der Waals surface area contributed by atoms with Gasteiger partial charge in [-0.3, -0.25) is 4.79 Å². The largest absolute Gasteiger partial charge is 0.462 e. The summed E-state index contributed by atoms with van der Waals surface area (Å²) in [5, 5.41) is 38.2. The molecule has 45 heavy (non-hydrogen) atoms. The number of carbonyl (C=O) groups excluding carboxylic acids is 2. The van der Waals surface area contributed by atoms with Crippen LogP contribution in [0.4, 0.5) is 0 Å². The van der Waals surface area contributed by atoms with Crippen molar-refractivity contribution in [3.63, 3.8) is 0 Å². The van der Waals surface area contributed by atoms with E-state index in [9.17, 15) is 24.9 Å². The maximum absolute atomic E-state index is 13.4. The van der Waals surface area contributed by atoms with Crippen molar-refractivity contribution in [1.82, 2.24) is 0 Å². The molecule has 0 amide bonds. The second-order valence-corrected chi connectivity index (χ2v) is 15.2. The first-order chi connectivity index (χ1) is 21.3. The first kappa shape index (κ1) is 33.7. The minimum absolute atomic E-state index is 0.163. The monoisotopic (exact) mass is 620 g/mol. The quantitative estimate of drug-likeness (QED) is 0.215. The van der Waals surface area contributed by atoms with Crippen LogP contribution in [-0.2, 0) is 25.5 Å². The van der Waals surface area contributed by atoms with Crippen molar-refractivity contribution in [1.29, 1.82) is 0 Å². The van der Waals surface area contributed by atoms with Crippen molar-refractivity contribution in [2.24, 2.45) is 28.1 Å². The highest BCUT2D eigenvalue weighted by Gasteiger charge is 2.76. The van der Waals surface area contributed by atoms with Gasteiger partial charge < -0.3 is 24.8 Å². The topological polar surface area (TPSA) is 113 Å². The van der Waals surface area contributed by atoms with Gasteiger partial charge in [0.05, 0.1) is 35.1 Å². The number of carbonyl (C=O) groups is 2. The molecule has 2 saturated carbocycles. The Morgan fingerprint density at radius 3 is 2.53 bits per heavy atom. The van der Waals surface area contributed by atoms with Crippen LogP contribution in [0.1, 0.15) is 104 Å². The second kappa shape index (κ2) is 13.2. The van der Waals surface area contributed by atoms with Crippen LogP contribution in [0.5, 0.6) is 0 Å². The average molecular weight is 621 g/mol. The van der Waals surface area contributed by atoms with E-state index >= 15 is 0 Å². The van der Waals surface area contributed by atoms with Gasteiger partial charge in [0.25, 0.3) is 0 Å². The molecule has 8 atom stereocenters. The van der Waals surface area contributed by atoms with Crippen LogP contribution in [0.2, 0.25) is 0 Å². The van der Waals surface area contributed by atoms with Gasteiger partial charge in [0.1, 0.15) is 12.7 Å². The van der Waals surface area contributed by atoms with Crippen LogP contribution < -0.4 is 0 Å². The third-order valence-corrected chi connectivity index (χ3v) is 11.7. The van der Waals surface area contributed by atoms with Gasteiger partial charge in [0.15, 0.2) is 0 Å². The predicted octanol–water partition coefficient (Wildman–Crippen LogP) is 5.68. The molecule has 2 fully saturated rings. The van der Waals surface area contributed by atoms with Crippen molar-refractivity contribution in [3.8, 4) is 11.8 Å². The minimum atomic E-state index is -1.65. The summed E-state index contributed by atoms with van der Waals surface area (Å²) < 4.78 is 11.4. The summed E-state index contributed by atoms with van der Waals surface area (Å²) in [7, 11) is 0. The number of esters is 2. The number of benzene rings is 1. The first-order valence-corrected chi connectivity index (χ1v) is 17.0. The van der Waals surface area contributed by atoms with Crippen molar-refractivity contribution in [2.75, 3.05) is 6.61 Å². The van der Waals surface area contributed by atoms with E-state index in [1.807, 2.05) is 13.0 Å². The molecule has 0 saturated heterocycles. The van der Waals surface area contributed by atoms with Crippen molar-refractivity contribution >= 4 is 11.9 Å². The first-order valence-electron chi connectivity index (χ1n) is 17.0. The molecule has 0 spiro atoms. The van der Waals surface area contributed by atoms with Crippen LogP contribution in [-0.4, -0.2) is 57.8 Å². The number of hydrogen-bond acceptors (Lipinski definition) is 7. The van der Waals surface area contributed by atoms with Crippen LogP contribution in [0, 0.1) is 39.9 Å². The molecule has 0 aromatic heterocycles. The molecule has 7 nitrogen and oxygen atoms in total. The summed E-state index contributed by atoms with van der Waals surface area (Å²) in [6.45, 7) is 8.50. The van der Waals surface area contributed by atoms with Gasteiger partial charge in [-0.2, -0.15) is 0 Å². The molecule has 7 heteroatoms. The van der Waals surface area contributed by atoms with Crippen LogP contribution in [0.15, 0.2) is 42.0 Å². The van der Waals surface area contributed by atoms with Crippen molar-refractivity contribution < 1.29 is 34.4 Å². The Bertz CT molecular complexity index is 1320. The number of cyclic esters (lactones) is 1. The molecule has 1 aromatic rings. The molecule has 2 aliphatic heterocycles. The zero-order valence-electron chi connectivity index (χ0n) is 27.5. The highest BCUT2D eigenvalue weighted by molar-refractivity contribution is 5.85. The van der Waals surface area contributed by atoms with E-state index in [0.29, 0.717) is 44.4 Å². The summed E-state index contributed by atoms with van der Waals surface area (Å²) in [6.07, 6.45) is 5.34. The Morgan fingerprint density at radius 2 is 1.82 bits per heavy atom. The number of hydrogen-bond donors (Lipinski definition) is 3. The average Bonchev–Trinajstić information content (AvgIpc) is 3.44. The zero-order chi connectivity index (χ0) is 32.5. The lowest BCUT2D eigenvalue weighted by molar-refractivity contribution is -0.331. The molecule has 5 rings (SSSR count). The standard InChI is InChI=1S/C38H52O7/c1-26(11-10-14-27-12-6-5-7-13-27)16-17-30(39)38-31(40)19-21-35(2,3)34(38)29-24-36(4,20-9-8-15-32(41)45-29)37(38,43)22-18-28-23-33(42)44-25-28/h5-7,12-13,23,26,29-31,34,39-40,43H,8,10-11,14-19,21-22,24-25H2,1-4H3/t26-,29+,30+,31-,34?,36+,37-,38+/m1/s1. The van der Waals surface area contributed by atoms with Gasteiger partial charge in [0, 0.05) is 24.8 Å². The Balaban J connectivity index is 1.51. The van der Waals surface area contributed by atoms with E-state index < -0.39 is 52.0 Å². The van der Waals surface area contributed by atoms with Gasteiger partial charge >= 0.3 is 11.9 Å². The number of aliphatic hydroxyl groups excluding tert-OH is 2. The van der Waals surface area contributed by atoms with Crippen molar-refractivity contribution in [2.45, 2.75) is 129 Å². The number of aliphatic hydroxyl groups is 3. The molecule has 246 valence electrons. The maximum Gasteiger partial charge on any atom is 0.331 e. The molecule has 2 bridgehead atoms. The molecule has 2 heterocycles. The number of ether oxygens (including phenoxy) is 2. The minimum Gasteiger partial charge on any atom is -0.462 e. The smallest absolute Gasteiger partial charge is 0.331 e. The van der Waals surface area contributed by atoms with E-state index in [4.69, 9.17) is 9.47 Å². The zero-order valence-corrected chi connectivity index (χ0v) is 27.5. The normalized spacial score (nSPS) is 35.3. The third-order valence-electron chi connectivity index (χ3n) is 11.7. The fraction of sp³-hybridized carbons (Fsp3) is 0.684. The summed E-state index contributed by atoms with van der Waals surface area (Å²) in [5.74, 6) is 5.61. The summed E-state index contributed by atoms with van der Waals surface area (Å²) >= 11 is 0. The Hall–Kier alpha value is -2.66. The molecule has 2 aliphatic carbocycles. The van der Waals surface area contributed by atoms with Crippen molar-refractivity contribution in [3.05, 3.63) is 47.5 Å². The lowest BCUT2D eigenvalue weighted by Crippen LogP contribution is -2.78. The van der Waals surface area contributed by atoms with Crippen LogP contribution in [0.25, 0.3) is 0 Å². The van der Waals surface area contributed by atoms with Gasteiger partial charge in [0.2, 0.25) is 0 Å². The molecule has 1 aromatic carbocycles. The van der Waals surface area contributed by atoms with Gasteiger partial charge in [-0.05, 0) is 80.8 Å². The molecule has 0 radical (unpaired) electrons. The van der Waals surface area contributed by atoms with Gasteiger partial charge in [-0.25, -0.2) is 4.79 Å². The molecule has 4 aliphatic rings. The number of rotatable bonds is 11. The van der Waals surface area contributed by atoms with Gasteiger partial charge in [-0.15, -0.1) is 5.92 Å². The molecular formula is C38H52O7.